The SMILES string of the molecule is C=CCN1C(=O)C2(CCCC2)NC(=O)CC1C. The van der Waals surface area contributed by atoms with Crippen LogP contribution in [0.2, 0.25) is 0 Å². The Balaban J connectivity index is 2.30. The van der Waals surface area contributed by atoms with Gasteiger partial charge in [-0.25, -0.2) is 0 Å². The summed E-state index contributed by atoms with van der Waals surface area (Å²) < 4.78 is 0. The number of carbonyl (C=O) groups is 2. The van der Waals surface area contributed by atoms with Gasteiger partial charge in [0.2, 0.25) is 11.8 Å². The van der Waals surface area contributed by atoms with Crippen LogP contribution in [-0.4, -0.2) is 34.8 Å². The molecule has 2 amide bonds. The predicted molar refractivity (Wildman–Crippen MR) is 65.3 cm³/mol. The number of amides is 2. The second kappa shape index (κ2) is 4.51. The smallest absolute Gasteiger partial charge is 0.248 e. The van der Waals surface area contributed by atoms with E-state index in [1.54, 1.807) is 11.0 Å². The highest BCUT2D eigenvalue weighted by Crippen LogP contribution is 2.34. The normalized spacial score (nSPS) is 28.1. The first-order valence-electron chi connectivity index (χ1n) is 6.32. The highest BCUT2D eigenvalue weighted by Gasteiger charge is 2.47. The standard InChI is InChI=1S/C13H20N2O2/c1-3-8-15-10(2)9-11(16)14-13(12(15)17)6-4-5-7-13/h3,10H,1,4-9H2,2H3,(H,14,16). The maximum atomic E-state index is 12.6. The van der Waals surface area contributed by atoms with E-state index in [9.17, 15) is 9.59 Å². The van der Waals surface area contributed by atoms with E-state index in [0.717, 1.165) is 25.7 Å². The minimum Gasteiger partial charge on any atom is -0.342 e. The molecule has 1 atom stereocenters. The highest BCUT2D eigenvalue weighted by atomic mass is 16.2. The molecule has 0 aromatic carbocycles. The molecule has 1 spiro atoms. The first-order chi connectivity index (χ1) is 8.09. The second-order valence-corrected chi connectivity index (χ2v) is 5.14. The second-order valence-electron chi connectivity index (χ2n) is 5.14. The molecule has 94 valence electrons. The van der Waals surface area contributed by atoms with Crippen molar-refractivity contribution in [2.75, 3.05) is 6.54 Å². The molecule has 0 aromatic rings. The lowest BCUT2D eigenvalue weighted by molar-refractivity contribution is -0.139. The number of nitrogens with one attached hydrogen (secondary N) is 1. The van der Waals surface area contributed by atoms with Crippen LogP contribution in [0.1, 0.15) is 39.0 Å². The summed E-state index contributed by atoms with van der Waals surface area (Å²) in [7, 11) is 0. The quantitative estimate of drug-likeness (QED) is 0.733. The van der Waals surface area contributed by atoms with Crippen molar-refractivity contribution in [2.24, 2.45) is 0 Å². The highest BCUT2D eigenvalue weighted by molar-refractivity contribution is 5.94. The monoisotopic (exact) mass is 236 g/mol. The van der Waals surface area contributed by atoms with E-state index in [4.69, 9.17) is 0 Å². The molecule has 0 aromatic heterocycles. The van der Waals surface area contributed by atoms with Gasteiger partial charge in [0, 0.05) is 19.0 Å². The van der Waals surface area contributed by atoms with Gasteiger partial charge in [-0.3, -0.25) is 9.59 Å². The van der Waals surface area contributed by atoms with Crippen LogP contribution in [-0.2, 0) is 9.59 Å². The molecule has 1 saturated carbocycles. The molecule has 1 saturated heterocycles. The molecule has 2 aliphatic rings. The summed E-state index contributed by atoms with van der Waals surface area (Å²) in [6.07, 6.45) is 5.70. The Morgan fingerprint density at radius 3 is 2.71 bits per heavy atom. The van der Waals surface area contributed by atoms with Crippen LogP contribution in [0.25, 0.3) is 0 Å². The van der Waals surface area contributed by atoms with Crippen molar-refractivity contribution >= 4 is 11.8 Å². The Bertz CT molecular complexity index is 345. The van der Waals surface area contributed by atoms with E-state index in [0.29, 0.717) is 13.0 Å². The van der Waals surface area contributed by atoms with Crippen molar-refractivity contribution in [3.05, 3.63) is 12.7 Å². The molecule has 1 aliphatic heterocycles. The summed E-state index contributed by atoms with van der Waals surface area (Å²) >= 11 is 0. The summed E-state index contributed by atoms with van der Waals surface area (Å²) in [5.74, 6) is 0.0764. The molecule has 1 heterocycles. The van der Waals surface area contributed by atoms with Crippen LogP contribution in [0.4, 0.5) is 0 Å². The molecule has 0 radical (unpaired) electrons. The van der Waals surface area contributed by atoms with Gasteiger partial charge in [-0.15, -0.1) is 6.58 Å². The van der Waals surface area contributed by atoms with Crippen molar-refractivity contribution < 1.29 is 9.59 Å². The van der Waals surface area contributed by atoms with Crippen LogP contribution in [0, 0.1) is 0 Å². The lowest BCUT2D eigenvalue weighted by Crippen LogP contribution is -2.56. The molecule has 4 nitrogen and oxygen atoms in total. The average molecular weight is 236 g/mol. The summed E-state index contributed by atoms with van der Waals surface area (Å²) in [6.45, 7) is 6.14. The van der Waals surface area contributed by atoms with E-state index in [2.05, 4.69) is 11.9 Å². The summed E-state index contributed by atoms with van der Waals surface area (Å²) in [6, 6.07) is -0.0412. The molecule has 0 bridgehead atoms. The number of nitrogens with zero attached hydrogens (tertiary/aromatic N) is 1. The minimum absolute atomic E-state index is 0.000637. The van der Waals surface area contributed by atoms with Gasteiger partial charge < -0.3 is 10.2 Å². The molecule has 2 rings (SSSR count). The van der Waals surface area contributed by atoms with Gasteiger partial charge in [0.25, 0.3) is 0 Å². The van der Waals surface area contributed by atoms with Gasteiger partial charge in [0.15, 0.2) is 0 Å². The third kappa shape index (κ3) is 2.08. The molecular formula is C13H20N2O2. The number of hydrogen-bond acceptors (Lipinski definition) is 2. The predicted octanol–water partition coefficient (Wildman–Crippen LogP) is 1.22. The molecule has 1 aliphatic carbocycles. The average Bonchev–Trinajstić information content (AvgIpc) is 2.70. The maximum absolute atomic E-state index is 12.6. The fourth-order valence-electron chi connectivity index (χ4n) is 2.94. The van der Waals surface area contributed by atoms with E-state index in [1.165, 1.54) is 0 Å². The van der Waals surface area contributed by atoms with Crippen molar-refractivity contribution in [1.82, 2.24) is 10.2 Å². The van der Waals surface area contributed by atoms with Crippen LogP contribution < -0.4 is 5.32 Å². The zero-order valence-electron chi connectivity index (χ0n) is 10.4. The van der Waals surface area contributed by atoms with Crippen LogP contribution >= 0.6 is 0 Å². The van der Waals surface area contributed by atoms with Crippen molar-refractivity contribution in [1.29, 1.82) is 0 Å². The van der Waals surface area contributed by atoms with Crippen LogP contribution in [0.3, 0.4) is 0 Å². The van der Waals surface area contributed by atoms with E-state index < -0.39 is 5.54 Å². The van der Waals surface area contributed by atoms with Gasteiger partial charge in [-0.2, -0.15) is 0 Å². The zero-order chi connectivity index (χ0) is 12.5. The number of carbonyl (C=O) groups excluding carboxylic acids is 2. The molecule has 2 fully saturated rings. The van der Waals surface area contributed by atoms with Gasteiger partial charge >= 0.3 is 0 Å². The van der Waals surface area contributed by atoms with Gasteiger partial charge in [0.1, 0.15) is 5.54 Å². The van der Waals surface area contributed by atoms with Gasteiger partial charge in [-0.05, 0) is 19.8 Å². The van der Waals surface area contributed by atoms with Gasteiger partial charge in [0.05, 0.1) is 0 Å². The van der Waals surface area contributed by atoms with Crippen LogP contribution in [0.15, 0.2) is 12.7 Å². The van der Waals surface area contributed by atoms with E-state index in [1.807, 2.05) is 6.92 Å². The Morgan fingerprint density at radius 2 is 2.12 bits per heavy atom. The summed E-state index contributed by atoms with van der Waals surface area (Å²) in [5.41, 5.74) is -0.620. The van der Waals surface area contributed by atoms with Crippen LogP contribution in [0.5, 0.6) is 0 Å². The third-order valence-corrected chi connectivity index (χ3v) is 3.84. The molecular weight excluding hydrogens is 216 g/mol. The fourth-order valence-corrected chi connectivity index (χ4v) is 2.94. The van der Waals surface area contributed by atoms with E-state index in [-0.39, 0.29) is 17.9 Å². The summed E-state index contributed by atoms with van der Waals surface area (Å²) in [4.78, 5) is 26.2. The Morgan fingerprint density at radius 1 is 1.47 bits per heavy atom. The number of hydrogen-bond donors (Lipinski definition) is 1. The van der Waals surface area contributed by atoms with Crippen molar-refractivity contribution in [3.63, 3.8) is 0 Å². The Hall–Kier alpha value is -1.32. The lowest BCUT2D eigenvalue weighted by atomic mass is 9.95. The minimum atomic E-state index is -0.620. The third-order valence-electron chi connectivity index (χ3n) is 3.84. The molecule has 17 heavy (non-hydrogen) atoms. The van der Waals surface area contributed by atoms with E-state index >= 15 is 0 Å². The first-order valence-corrected chi connectivity index (χ1v) is 6.32. The molecule has 1 N–H and O–H groups in total. The zero-order valence-corrected chi connectivity index (χ0v) is 10.4. The molecule has 1 unspecified atom stereocenters. The Kier molecular flexibility index (Phi) is 3.22. The van der Waals surface area contributed by atoms with Crippen molar-refractivity contribution in [2.45, 2.75) is 50.6 Å². The molecule has 4 heteroatoms. The number of rotatable bonds is 2. The van der Waals surface area contributed by atoms with Crippen molar-refractivity contribution in [3.8, 4) is 0 Å². The first kappa shape index (κ1) is 12.1. The largest absolute Gasteiger partial charge is 0.342 e. The maximum Gasteiger partial charge on any atom is 0.248 e. The topological polar surface area (TPSA) is 49.4 Å². The summed E-state index contributed by atoms with van der Waals surface area (Å²) in [5, 5.41) is 2.96. The Labute approximate surface area is 102 Å². The lowest BCUT2D eigenvalue weighted by Gasteiger charge is -2.33. The fraction of sp³-hybridized carbons (Fsp3) is 0.692. The van der Waals surface area contributed by atoms with Gasteiger partial charge in [-0.1, -0.05) is 18.9 Å².